The van der Waals surface area contributed by atoms with Gasteiger partial charge in [0.15, 0.2) is 0 Å². The summed E-state index contributed by atoms with van der Waals surface area (Å²) < 4.78 is 7.54. The zero-order valence-corrected chi connectivity index (χ0v) is 14.0. The third-order valence-electron chi connectivity index (χ3n) is 3.76. The van der Waals surface area contributed by atoms with Crippen LogP contribution in [-0.4, -0.2) is 28.6 Å². The van der Waals surface area contributed by atoms with Crippen molar-refractivity contribution in [3.63, 3.8) is 0 Å². The van der Waals surface area contributed by atoms with Crippen molar-refractivity contribution in [3.8, 4) is 5.75 Å². The fourth-order valence-corrected chi connectivity index (χ4v) is 2.52. The molecule has 0 bridgehead atoms. The molecule has 0 unspecified atom stereocenters. The van der Waals surface area contributed by atoms with E-state index in [1.165, 1.54) is 0 Å². The van der Waals surface area contributed by atoms with Crippen molar-refractivity contribution < 1.29 is 9.53 Å². The minimum Gasteiger partial charge on any atom is -0.494 e. The molecule has 0 saturated heterocycles. The Bertz CT molecular complexity index is 785. The Balaban J connectivity index is 1.45. The quantitative estimate of drug-likeness (QED) is 0.644. The molecule has 1 amide bonds. The molecule has 0 radical (unpaired) electrons. The lowest BCUT2D eigenvalue weighted by Crippen LogP contribution is -2.27. The third-order valence-corrected chi connectivity index (χ3v) is 3.76. The van der Waals surface area contributed by atoms with E-state index in [0.29, 0.717) is 25.4 Å². The van der Waals surface area contributed by atoms with Gasteiger partial charge in [-0.1, -0.05) is 24.3 Å². The second-order valence-corrected chi connectivity index (χ2v) is 5.65. The number of ether oxygens (including phenoxy) is 1. The Morgan fingerprint density at radius 1 is 1.08 bits per heavy atom. The van der Waals surface area contributed by atoms with E-state index in [9.17, 15) is 4.79 Å². The van der Waals surface area contributed by atoms with Crippen LogP contribution >= 0.6 is 0 Å². The molecule has 0 saturated carbocycles. The van der Waals surface area contributed by atoms with E-state index in [1.807, 2.05) is 71.6 Å². The average Bonchev–Trinajstić information content (AvgIpc) is 3.11. The monoisotopic (exact) mass is 335 g/mol. The molecule has 1 N–H and O–H groups in total. The molecule has 3 rings (SSSR count). The zero-order chi connectivity index (χ0) is 17.3. The van der Waals surface area contributed by atoms with Crippen molar-refractivity contribution in [1.29, 1.82) is 0 Å². The van der Waals surface area contributed by atoms with E-state index in [2.05, 4.69) is 10.3 Å². The van der Waals surface area contributed by atoms with Crippen molar-refractivity contribution in [2.45, 2.75) is 13.0 Å². The number of rotatable bonds is 8. The summed E-state index contributed by atoms with van der Waals surface area (Å²) in [7, 11) is 0. The van der Waals surface area contributed by atoms with Gasteiger partial charge >= 0.3 is 0 Å². The number of carbonyl (C=O) groups is 1. The molecule has 1 aromatic carbocycles. The van der Waals surface area contributed by atoms with E-state index >= 15 is 0 Å². The first-order valence-electron chi connectivity index (χ1n) is 8.33. The van der Waals surface area contributed by atoms with Gasteiger partial charge in [0.1, 0.15) is 11.4 Å². The van der Waals surface area contributed by atoms with Crippen molar-refractivity contribution in [1.82, 2.24) is 14.9 Å². The summed E-state index contributed by atoms with van der Waals surface area (Å²) in [5.41, 5.74) is 1.71. The minimum atomic E-state index is -0.0754. The van der Waals surface area contributed by atoms with E-state index in [4.69, 9.17) is 4.74 Å². The highest BCUT2D eigenvalue weighted by atomic mass is 16.5. The summed E-state index contributed by atoms with van der Waals surface area (Å²) in [6.45, 7) is 1.77. The maximum Gasteiger partial charge on any atom is 0.267 e. The molecule has 0 spiro atoms. The van der Waals surface area contributed by atoms with Crippen LogP contribution in [0.2, 0.25) is 0 Å². The van der Waals surface area contributed by atoms with Crippen molar-refractivity contribution in [3.05, 3.63) is 84.4 Å². The zero-order valence-electron chi connectivity index (χ0n) is 14.0. The van der Waals surface area contributed by atoms with Gasteiger partial charge in [0.2, 0.25) is 0 Å². The van der Waals surface area contributed by atoms with Gasteiger partial charge in [-0.2, -0.15) is 0 Å². The van der Waals surface area contributed by atoms with Crippen LogP contribution in [0.3, 0.4) is 0 Å². The highest BCUT2D eigenvalue weighted by molar-refractivity contribution is 5.92. The Hall–Kier alpha value is -3.08. The van der Waals surface area contributed by atoms with Crippen molar-refractivity contribution >= 4 is 5.91 Å². The number of carbonyl (C=O) groups excluding carboxylic acids is 1. The smallest absolute Gasteiger partial charge is 0.267 e. The van der Waals surface area contributed by atoms with Crippen LogP contribution < -0.4 is 10.1 Å². The van der Waals surface area contributed by atoms with Crippen LogP contribution in [0, 0.1) is 0 Å². The number of para-hydroxylation sites is 1. The second-order valence-electron chi connectivity index (χ2n) is 5.65. The number of pyridine rings is 1. The molecule has 2 heterocycles. The Morgan fingerprint density at radius 2 is 1.96 bits per heavy atom. The van der Waals surface area contributed by atoms with Gasteiger partial charge < -0.3 is 14.6 Å². The molecule has 2 aromatic heterocycles. The number of aromatic nitrogens is 2. The molecule has 5 heteroatoms. The SMILES string of the molecule is O=C(NCCCOc1ccccc1)c1cccn1Cc1cccnc1. The standard InChI is InChI=1S/C20H21N3O2/c24-20(22-12-6-14-25-18-8-2-1-3-9-18)19-10-5-13-23(19)16-17-7-4-11-21-15-17/h1-5,7-11,13,15H,6,12,14,16H2,(H,22,24). The van der Waals surface area contributed by atoms with Gasteiger partial charge in [-0.05, 0) is 42.3 Å². The Morgan fingerprint density at radius 3 is 2.76 bits per heavy atom. The molecule has 0 atom stereocenters. The minimum absolute atomic E-state index is 0.0754. The highest BCUT2D eigenvalue weighted by Crippen LogP contribution is 2.09. The third kappa shape index (κ3) is 4.94. The van der Waals surface area contributed by atoms with E-state index < -0.39 is 0 Å². The van der Waals surface area contributed by atoms with Crippen LogP contribution in [0.15, 0.2) is 73.2 Å². The predicted octanol–water partition coefficient (Wildman–Crippen LogP) is 3.13. The largest absolute Gasteiger partial charge is 0.494 e. The summed E-state index contributed by atoms with van der Waals surface area (Å²) >= 11 is 0. The van der Waals surface area contributed by atoms with Crippen LogP contribution in [0.25, 0.3) is 0 Å². The van der Waals surface area contributed by atoms with E-state index in [-0.39, 0.29) is 5.91 Å². The molecule has 0 fully saturated rings. The first-order chi connectivity index (χ1) is 12.3. The Kier molecular flexibility index (Phi) is 5.82. The molecule has 0 aliphatic rings. The number of benzene rings is 1. The normalized spacial score (nSPS) is 10.4. The van der Waals surface area contributed by atoms with Crippen LogP contribution in [0.5, 0.6) is 5.75 Å². The Labute approximate surface area is 147 Å². The van der Waals surface area contributed by atoms with Gasteiger partial charge in [0.25, 0.3) is 5.91 Å². The summed E-state index contributed by atoms with van der Waals surface area (Å²) in [5.74, 6) is 0.771. The molecule has 0 aliphatic heterocycles. The lowest BCUT2D eigenvalue weighted by Gasteiger charge is -2.10. The fourth-order valence-electron chi connectivity index (χ4n) is 2.52. The lowest BCUT2D eigenvalue weighted by atomic mass is 10.3. The highest BCUT2D eigenvalue weighted by Gasteiger charge is 2.10. The first kappa shape index (κ1) is 16.8. The van der Waals surface area contributed by atoms with E-state index in [1.54, 1.807) is 6.20 Å². The van der Waals surface area contributed by atoms with Crippen molar-refractivity contribution in [2.24, 2.45) is 0 Å². The topological polar surface area (TPSA) is 56.1 Å². The maximum absolute atomic E-state index is 12.4. The molecule has 25 heavy (non-hydrogen) atoms. The summed E-state index contributed by atoms with van der Waals surface area (Å²) in [6.07, 6.45) is 6.21. The van der Waals surface area contributed by atoms with Gasteiger partial charge in [0.05, 0.1) is 6.61 Å². The van der Waals surface area contributed by atoms with Crippen molar-refractivity contribution in [2.75, 3.05) is 13.2 Å². The summed E-state index contributed by atoms with van der Waals surface area (Å²) in [6, 6.07) is 17.3. The molecule has 3 aromatic rings. The molecule has 0 aliphatic carbocycles. The number of hydrogen-bond donors (Lipinski definition) is 1. The maximum atomic E-state index is 12.4. The van der Waals surface area contributed by atoms with E-state index in [0.717, 1.165) is 17.7 Å². The predicted molar refractivity (Wildman–Crippen MR) is 96.7 cm³/mol. The number of hydrogen-bond acceptors (Lipinski definition) is 3. The molecule has 128 valence electrons. The molecular weight excluding hydrogens is 314 g/mol. The van der Waals surface area contributed by atoms with Gasteiger partial charge in [-0.3, -0.25) is 9.78 Å². The van der Waals surface area contributed by atoms with Gasteiger partial charge in [0, 0.05) is 31.7 Å². The first-order valence-corrected chi connectivity index (χ1v) is 8.33. The lowest BCUT2D eigenvalue weighted by molar-refractivity contribution is 0.0942. The van der Waals surface area contributed by atoms with Gasteiger partial charge in [-0.25, -0.2) is 0 Å². The van der Waals surface area contributed by atoms with Crippen LogP contribution in [-0.2, 0) is 6.54 Å². The van der Waals surface area contributed by atoms with Crippen LogP contribution in [0.1, 0.15) is 22.5 Å². The summed E-state index contributed by atoms with van der Waals surface area (Å²) in [5, 5.41) is 2.94. The molecule has 5 nitrogen and oxygen atoms in total. The summed E-state index contributed by atoms with van der Waals surface area (Å²) in [4.78, 5) is 16.5. The fraction of sp³-hybridized carbons (Fsp3) is 0.200. The van der Waals surface area contributed by atoms with Gasteiger partial charge in [-0.15, -0.1) is 0 Å². The van der Waals surface area contributed by atoms with Crippen LogP contribution in [0.4, 0.5) is 0 Å². The average molecular weight is 335 g/mol. The second kappa shape index (κ2) is 8.68. The molecular formula is C20H21N3O2. The number of amides is 1. The number of nitrogens with zero attached hydrogens (tertiary/aromatic N) is 2. The number of nitrogens with one attached hydrogen (secondary N) is 1.